The van der Waals surface area contributed by atoms with Gasteiger partial charge in [-0.1, -0.05) is 0 Å². The van der Waals surface area contributed by atoms with Gasteiger partial charge in [-0.05, 0) is 6.42 Å². The number of nitrogens with zero attached hydrogens (tertiary/aromatic N) is 1. The zero-order valence-corrected chi connectivity index (χ0v) is 7.88. The van der Waals surface area contributed by atoms with Gasteiger partial charge in [0.1, 0.15) is 0 Å². The molecular weight excluding hydrogens is 194 g/mol. The predicted octanol–water partition coefficient (Wildman–Crippen LogP) is 0.180. The van der Waals surface area contributed by atoms with Gasteiger partial charge in [0.25, 0.3) is 0 Å². The molecule has 0 unspecified atom stereocenters. The number of carboxylic acid groups (broad SMARTS) is 1. The Labute approximate surface area is 76.9 Å². The minimum absolute atomic E-state index is 0.0323. The Balaban J connectivity index is 3.78. The molecule has 0 rings (SSSR count). The summed E-state index contributed by atoms with van der Waals surface area (Å²) in [5, 5.41) is 16.4. The molecule has 0 heterocycles. The number of aliphatic carboxylic acids is 1. The van der Waals surface area contributed by atoms with Crippen LogP contribution in [0.1, 0.15) is 19.3 Å². The summed E-state index contributed by atoms with van der Waals surface area (Å²) >= 11 is 0. The van der Waals surface area contributed by atoms with Gasteiger partial charge in [0.05, 0.1) is 17.6 Å². The van der Waals surface area contributed by atoms with Crippen LogP contribution in [-0.4, -0.2) is 31.0 Å². The van der Waals surface area contributed by atoms with Crippen molar-refractivity contribution in [3.8, 4) is 6.07 Å². The molecule has 0 aliphatic heterocycles. The molecular formula is C7H11NO4S. The molecule has 0 spiro atoms. The molecule has 74 valence electrons. The molecule has 0 bridgehead atoms. The van der Waals surface area contributed by atoms with Crippen molar-refractivity contribution in [3.05, 3.63) is 0 Å². The van der Waals surface area contributed by atoms with Crippen molar-refractivity contribution in [2.24, 2.45) is 0 Å². The Hall–Kier alpha value is -1.09. The molecule has 0 atom stereocenters. The van der Waals surface area contributed by atoms with Crippen molar-refractivity contribution in [3.63, 3.8) is 0 Å². The molecule has 0 aliphatic carbocycles. The second-order valence-corrected chi connectivity index (χ2v) is 4.86. The van der Waals surface area contributed by atoms with Crippen molar-refractivity contribution < 1.29 is 18.3 Å². The van der Waals surface area contributed by atoms with Crippen molar-refractivity contribution in [1.82, 2.24) is 0 Å². The van der Waals surface area contributed by atoms with Gasteiger partial charge < -0.3 is 5.11 Å². The van der Waals surface area contributed by atoms with E-state index in [2.05, 4.69) is 0 Å². The van der Waals surface area contributed by atoms with Crippen LogP contribution in [0.5, 0.6) is 0 Å². The van der Waals surface area contributed by atoms with Crippen LogP contribution in [0.25, 0.3) is 0 Å². The first-order valence-corrected chi connectivity index (χ1v) is 5.59. The first-order chi connectivity index (χ1) is 5.98. The Morgan fingerprint density at radius 2 is 2.00 bits per heavy atom. The van der Waals surface area contributed by atoms with E-state index in [1.54, 1.807) is 6.07 Å². The number of hydrogen-bond acceptors (Lipinski definition) is 4. The van der Waals surface area contributed by atoms with E-state index in [4.69, 9.17) is 10.4 Å². The van der Waals surface area contributed by atoms with Crippen LogP contribution < -0.4 is 0 Å². The van der Waals surface area contributed by atoms with E-state index in [0.29, 0.717) is 0 Å². The highest BCUT2D eigenvalue weighted by molar-refractivity contribution is 7.91. The van der Waals surface area contributed by atoms with Crippen LogP contribution >= 0.6 is 0 Å². The summed E-state index contributed by atoms with van der Waals surface area (Å²) in [4.78, 5) is 10.1. The fourth-order valence-electron chi connectivity index (χ4n) is 0.747. The highest BCUT2D eigenvalue weighted by Crippen LogP contribution is 1.99. The lowest BCUT2D eigenvalue weighted by Crippen LogP contribution is -2.11. The third-order valence-corrected chi connectivity index (χ3v) is 3.11. The van der Waals surface area contributed by atoms with E-state index in [1.807, 2.05) is 0 Å². The summed E-state index contributed by atoms with van der Waals surface area (Å²) in [6, 6.07) is 1.73. The lowest BCUT2D eigenvalue weighted by atomic mass is 10.3. The number of rotatable bonds is 6. The van der Waals surface area contributed by atoms with Gasteiger partial charge in [0.2, 0.25) is 0 Å². The number of carbonyl (C=O) groups is 1. The smallest absolute Gasteiger partial charge is 0.303 e. The van der Waals surface area contributed by atoms with Gasteiger partial charge in [-0.15, -0.1) is 0 Å². The number of carboxylic acids is 1. The largest absolute Gasteiger partial charge is 0.481 e. The van der Waals surface area contributed by atoms with Gasteiger partial charge in [0, 0.05) is 12.8 Å². The Kier molecular flexibility index (Phi) is 5.07. The van der Waals surface area contributed by atoms with E-state index in [-0.39, 0.29) is 30.8 Å². The summed E-state index contributed by atoms with van der Waals surface area (Å²) in [5.41, 5.74) is 0. The van der Waals surface area contributed by atoms with Crippen molar-refractivity contribution >= 4 is 15.8 Å². The van der Waals surface area contributed by atoms with Gasteiger partial charge in [-0.2, -0.15) is 5.26 Å². The molecule has 0 saturated heterocycles. The average Bonchev–Trinajstić information content (AvgIpc) is 2.00. The quantitative estimate of drug-likeness (QED) is 0.667. The summed E-state index contributed by atoms with van der Waals surface area (Å²) in [6.07, 6.45) is -0.0652. The average molecular weight is 205 g/mol. The highest BCUT2D eigenvalue weighted by Gasteiger charge is 2.10. The van der Waals surface area contributed by atoms with E-state index in [9.17, 15) is 13.2 Å². The lowest BCUT2D eigenvalue weighted by molar-refractivity contribution is -0.137. The van der Waals surface area contributed by atoms with Crippen LogP contribution in [0, 0.1) is 11.3 Å². The molecule has 5 nitrogen and oxygen atoms in total. The molecule has 13 heavy (non-hydrogen) atoms. The molecule has 0 aromatic heterocycles. The molecule has 0 fully saturated rings. The van der Waals surface area contributed by atoms with Crippen LogP contribution in [0.15, 0.2) is 0 Å². The molecule has 6 heteroatoms. The first kappa shape index (κ1) is 11.9. The maximum absolute atomic E-state index is 11.0. The minimum Gasteiger partial charge on any atom is -0.481 e. The van der Waals surface area contributed by atoms with E-state index in [0.717, 1.165) is 0 Å². The maximum Gasteiger partial charge on any atom is 0.303 e. The van der Waals surface area contributed by atoms with Crippen molar-refractivity contribution in [1.29, 1.82) is 5.26 Å². The fraction of sp³-hybridized carbons (Fsp3) is 0.714. The van der Waals surface area contributed by atoms with Crippen LogP contribution in [-0.2, 0) is 14.6 Å². The van der Waals surface area contributed by atoms with Crippen LogP contribution in [0.2, 0.25) is 0 Å². The Bertz CT molecular complexity index is 301. The number of sulfone groups is 1. The standard InChI is InChI=1S/C7H11NO4S/c8-4-2-6-13(11,12)5-1-3-7(9)10/h1-3,5-6H2,(H,9,10). The molecule has 0 amide bonds. The zero-order chi connectivity index (χ0) is 10.3. The molecule has 0 aromatic carbocycles. The second kappa shape index (κ2) is 5.54. The number of nitriles is 1. The Morgan fingerprint density at radius 3 is 2.46 bits per heavy atom. The predicted molar refractivity (Wildman–Crippen MR) is 45.8 cm³/mol. The molecule has 0 saturated carbocycles. The topological polar surface area (TPSA) is 95.2 Å². The van der Waals surface area contributed by atoms with E-state index < -0.39 is 15.8 Å². The zero-order valence-electron chi connectivity index (χ0n) is 7.06. The molecule has 0 aromatic rings. The summed E-state index contributed by atoms with van der Waals surface area (Å²) < 4.78 is 22.1. The summed E-state index contributed by atoms with van der Waals surface area (Å²) in [7, 11) is -3.23. The van der Waals surface area contributed by atoms with Gasteiger partial charge >= 0.3 is 5.97 Å². The second-order valence-electron chi connectivity index (χ2n) is 2.56. The fourth-order valence-corrected chi connectivity index (χ4v) is 1.94. The SMILES string of the molecule is N#CCCS(=O)(=O)CCCC(=O)O. The van der Waals surface area contributed by atoms with Gasteiger partial charge in [0.15, 0.2) is 9.84 Å². The molecule has 0 aliphatic rings. The third kappa shape index (κ3) is 7.28. The Morgan fingerprint density at radius 1 is 1.38 bits per heavy atom. The third-order valence-electron chi connectivity index (χ3n) is 1.37. The minimum atomic E-state index is -3.23. The monoisotopic (exact) mass is 205 g/mol. The van der Waals surface area contributed by atoms with Crippen molar-refractivity contribution in [2.45, 2.75) is 19.3 Å². The number of hydrogen-bond donors (Lipinski definition) is 1. The van der Waals surface area contributed by atoms with Crippen molar-refractivity contribution in [2.75, 3.05) is 11.5 Å². The molecule has 0 radical (unpaired) electrons. The van der Waals surface area contributed by atoms with Crippen LogP contribution in [0.3, 0.4) is 0 Å². The normalized spacial score (nSPS) is 10.7. The maximum atomic E-state index is 11.0. The van der Waals surface area contributed by atoms with Gasteiger partial charge in [-0.25, -0.2) is 8.42 Å². The first-order valence-electron chi connectivity index (χ1n) is 3.77. The summed E-state index contributed by atoms with van der Waals surface area (Å²) in [6.45, 7) is 0. The molecule has 1 N–H and O–H groups in total. The van der Waals surface area contributed by atoms with E-state index >= 15 is 0 Å². The van der Waals surface area contributed by atoms with Gasteiger partial charge in [-0.3, -0.25) is 4.79 Å². The van der Waals surface area contributed by atoms with Crippen LogP contribution in [0.4, 0.5) is 0 Å². The summed E-state index contributed by atoms with van der Waals surface area (Å²) in [5.74, 6) is -1.33. The lowest BCUT2D eigenvalue weighted by Gasteiger charge is -1.98. The van der Waals surface area contributed by atoms with E-state index in [1.165, 1.54) is 0 Å². The highest BCUT2D eigenvalue weighted by atomic mass is 32.2.